The Balaban J connectivity index is 4.15. The van der Waals surface area contributed by atoms with Gasteiger partial charge in [0.2, 0.25) is 10.0 Å². The lowest BCUT2D eigenvalue weighted by Gasteiger charge is -2.17. The minimum absolute atomic E-state index is 0.378. The highest BCUT2D eigenvalue weighted by Gasteiger charge is 2.16. The van der Waals surface area contributed by atoms with Crippen LogP contribution in [0.4, 0.5) is 0 Å². The Kier molecular flexibility index (Phi) is 3.99. The van der Waals surface area contributed by atoms with Crippen LogP contribution in [-0.4, -0.2) is 32.3 Å². The molecule has 0 unspecified atom stereocenters. The van der Waals surface area contributed by atoms with Gasteiger partial charge in [-0.1, -0.05) is 6.92 Å². The van der Waals surface area contributed by atoms with Gasteiger partial charge in [-0.3, -0.25) is 0 Å². The SMILES string of the molecule is CCN(C)NS(=O)(=O)C(C)C. The Bertz CT molecular complexity index is 199. The molecular formula is C6H16N2O2S. The quantitative estimate of drug-likeness (QED) is 0.628. The molecule has 0 aliphatic rings. The topological polar surface area (TPSA) is 49.4 Å². The minimum Gasteiger partial charge on any atom is -0.234 e. The zero-order valence-corrected chi connectivity index (χ0v) is 8.27. The lowest BCUT2D eigenvalue weighted by molar-refractivity contribution is 0.312. The summed E-state index contributed by atoms with van der Waals surface area (Å²) in [6.07, 6.45) is 0. The van der Waals surface area contributed by atoms with E-state index in [2.05, 4.69) is 4.83 Å². The van der Waals surface area contributed by atoms with E-state index in [9.17, 15) is 8.42 Å². The first-order valence-corrected chi connectivity index (χ1v) is 5.17. The standard InChI is InChI=1S/C6H16N2O2S/c1-5-8(4)7-11(9,10)6(2)3/h6-7H,5H2,1-4H3. The van der Waals surface area contributed by atoms with E-state index < -0.39 is 10.0 Å². The largest absolute Gasteiger partial charge is 0.234 e. The van der Waals surface area contributed by atoms with Crippen LogP contribution in [0.1, 0.15) is 20.8 Å². The molecule has 0 atom stereocenters. The van der Waals surface area contributed by atoms with Gasteiger partial charge in [-0.2, -0.15) is 0 Å². The van der Waals surface area contributed by atoms with Gasteiger partial charge in [0, 0.05) is 13.6 Å². The smallest absolute Gasteiger partial charge is 0.226 e. The molecule has 0 saturated carbocycles. The summed E-state index contributed by atoms with van der Waals surface area (Å²) in [6, 6.07) is 0. The summed E-state index contributed by atoms with van der Waals surface area (Å²) >= 11 is 0. The fraction of sp³-hybridized carbons (Fsp3) is 1.00. The number of hydrogen-bond donors (Lipinski definition) is 1. The zero-order chi connectivity index (χ0) is 9.07. The molecule has 4 nitrogen and oxygen atoms in total. The van der Waals surface area contributed by atoms with E-state index in [1.165, 1.54) is 5.01 Å². The molecule has 0 bridgehead atoms. The molecule has 0 aliphatic carbocycles. The van der Waals surface area contributed by atoms with Crippen LogP contribution >= 0.6 is 0 Å². The average Bonchev–Trinajstić information content (AvgIpc) is 1.86. The third kappa shape index (κ3) is 3.69. The number of sulfonamides is 1. The molecule has 0 heterocycles. The number of nitrogens with one attached hydrogen (secondary N) is 1. The van der Waals surface area contributed by atoms with Crippen molar-refractivity contribution in [1.29, 1.82) is 0 Å². The summed E-state index contributed by atoms with van der Waals surface area (Å²) in [6.45, 7) is 5.83. The highest BCUT2D eigenvalue weighted by atomic mass is 32.2. The molecule has 0 aromatic carbocycles. The van der Waals surface area contributed by atoms with Crippen LogP contribution in [0.2, 0.25) is 0 Å². The number of hydrazine groups is 1. The van der Waals surface area contributed by atoms with E-state index in [0.29, 0.717) is 6.54 Å². The predicted octanol–water partition coefficient (Wildman–Crippen LogP) is 0.181. The van der Waals surface area contributed by atoms with Crippen LogP contribution in [-0.2, 0) is 10.0 Å². The maximum atomic E-state index is 11.1. The van der Waals surface area contributed by atoms with Crippen LogP contribution in [0.15, 0.2) is 0 Å². The van der Waals surface area contributed by atoms with E-state index in [1.54, 1.807) is 20.9 Å². The van der Waals surface area contributed by atoms with Gasteiger partial charge in [0.15, 0.2) is 0 Å². The lowest BCUT2D eigenvalue weighted by Crippen LogP contribution is -2.42. The molecule has 68 valence electrons. The number of nitrogens with zero attached hydrogens (tertiary/aromatic N) is 1. The summed E-state index contributed by atoms with van der Waals surface area (Å²) in [7, 11) is -1.44. The number of rotatable bonds is 4. The molecule has 0 fully saturated rings. The van der Waals surface area contributed by atoms with Crippen LogP contribution in [0, 0.1) is 0 Å². The van der Waals surface area contributed by atoms with E-state index in [-0.39, 0.29) is 5.25 Å². The first kappa shape index (κ1) is 10.9. The van der Waals surface area contributed by atoms with Crippen LogP contribution in [0.25, 0.3) is 0 Å². The molecule has 0 rings (SSSR count). The molecule has 0 spiro atoms. The van der Waals surface area contributed by atoms with E-state index >= 15 is 0 Å². The van der Waals surface area contributed by atoms with Crippen molar-refractivity contribution in [2.75, 3.05) is 13.6 Å². The molecule has 5 heteroatoms. The summed E-state index contributed by atoms with van der Waals surface area (Å²) in [5.41, 5.74) is 0. The maximum absolute atomic E-state index is 11.1. The van der Waals surface area contributed by atoms with Crippen molar-refractivity contribution in [2.45, 2.75) is 26.0 Å². The van der Waals surface area contributed by atoms with E-state index in [0.717, 1.165) is 0 Å². The molecule has 11 heavy (non-hydrogen) atoms. The number of hydrogen-bond acceptors (Lipinski definition) is 3. The van der Waals surface area contributed by atoms with Gasteiger partial charge in [-0.05, 0) is 13.8 Å². The first-order valence-electron chi connectivity index (χ1n) is 3.62. The lowest BCUT2D eigenvalue weighted by atomic mass is 10.6. The highest BCUT2D eigenvalue weighted by molar-refractivity contribution is 7.90. The fourth-order valence-electron chi connectivity index (χ4n) is 0.387. The van der Waals surface area contributed by atoms with Crippen molar-refractivity contribution < 1.29 is 8.42 Å². The van der Waals surface area contributed by atoms with Gasteiger partial charge >= 0.3 is 0 Å². The average molecular weight is 180 g/mol. The Hall–Kier alpha value is -0.130. The molecule has 0 aromatic rings. The second-order valence-corrected chi connectivity index (χ2v) is 4.91. The van der Waals surface area contributed by atoms with Gasteiger partial charge < -0.3 is 0 Å². The molecule has 0 radical (unpaired) electrons. The third-order valence-corrected chi connectivity index (χ3v) is 3.19. The molecule has 0 saturated heterocycles. The van der Waals surface area contributed by atoms with Crippen LogP contribution in [0.5, 0.6) is 0 Å². The summed E-state index contributed by atoms with van der Waals surface area (Å²) < 4.78 is 22.3. The van der Waals surface area contributed by atoms with Crippen molar-refractivity contribution >= 4 is 10.0 Å². The second-order valence-electron chi connectivity index (χ2n) is 2.70. The molecule has 0 amide bonds. The Morgan fingerprint density at radius 1 is 1.45 bits per heavy atom. The Morgan fingerprint density at radius 3 is 2.18 bits per heavy atom. The van der Waals surface area contributed by atoms with Gasteiger partial charge in [0.25, 0.3) is 0 Å². The van der Waals surface area contributed by atoms with Gasteiger partial charge in [0.05, 0.1) is 5.25 Å². The maximum Gasteiger partial charge on any atom is 0.226 e. The Labute approximate surface area is 68.6 Å². The normalized spacial score (nSPS) is 12.9. The van der Waals surface area contributed by atoms with Crippen molar-refractivity contribution in [3.63, 3.8) is 0 Å². The van der Waals surface area contributed by atoms with E-state index in [1.807, 2.05) is 6.92 Å². The fourth-order valence-corrected chi connectivity index (χ4v) is 1.16. The van der Waals surface area contributed by atoms with E-state index in [4.69, 9.17) is 0 Å². The van der Waals surface area contributed by atoms with Crippen molar-refractivity contribution in [1.82, 2.24) is 9.84 Å². The summed E-state index contributed by atoms with van der Waals surface area (Å²) in [4.78, 5) is 2.41. The zero-order valence-electron chi connectivity index (χ0n) is 7.46. The monoisotopic (exact) mass is 180 g/mol. The van der Waals surface area contributed by atoms with Crippen molar-refractivity contribution in [2.24, 2.45) is 0 Å². The molecule has 0 aliphatic heterocycles. The first-order chi connectivity index (χ1) is 4.90. The molecule has 0 aromatic heterocycles. The predicted molar refractivity (Wildman–Crippen MR) is 45.5 cm³/mol. The van der Waals surface area contributed by atoms with Crippen LogP contribution < -0.4 is 4.83 Å². The Morgan fingerprint density at radius 2 is 1.91 bits per heavy atom. The molecule has 1 N–H and O–H groups in total. The van der Waals surface area contributed by atoms with Crippen LogP contribution in [0.3, 0.4) is 0 Å². The van der Waals surface area contributed by atoms with Gasteiger partial charge in [-0.25, -0.2) is 13.4 Å². The molecular weight excluding hydrogens is 164 g/mol. The summed E-state index contributed by atoms with van der Waals surface area (Å²) in [5.74, 6) is 0. The highest BCUT2D eigenvalue weighted by Crippen LogP contribution is 1.95. The third-order valence-electron chi connectivity index (χ3n) is 1.38. The van der Waals surface area contributed by atoms with Gasteiger partial charge in [-0.15, -0.1) is 4.83 Å². The minimum atomic E-state index is -3.13. The van der Waals surface area contributed by atoms with Gasteiger partial charge in [0.1, 0.15) is 0 Å². The summed E-state index contributed by atoms with van der Waals surface area (Å²) in [5, 5.41) is 1.16. The van der Waals surface area contributed by atoms with Crippen molar-refractivity contribution in [3.05, 3.63) is 0 Å². The van der Waals surface area contributed by atoms with Crippen molar-refractivity contribution in [3.8, 4) is 0 Å². The second kappa shape index (κ2) is 4.04.